The maximum absolute atomic E-state index is 13.2. The van der Waals surface area contributed by atoms with Crippen LogP contribution in [0.25, 0.3) is 5.57 Å². The van der Waals surface area contributed by atoms with Gasteiger partial charge >= 0.3 is 6.18 Å². The van der Waals surface area contributed by atoms with Crippen molar-refractivity contribution in [3.05, 3.63) is 76.8 Å². The second kappa shape index (κ2) is 7.53. The lowest BCUT2D eigenvalue weighted by Gasteiger charge is -2.15. The monoisotopic (exact) mass is 353 g/mol. The van der Waals surface area contributed by atoms with E-state index in [1.54, 1.807) is 37.3 Å². The molecular formula is C18H15ClF3NO. The van der Waals surface area contributed by atoms with E-state index in [4.69, 9.17) is 11.6 Å². The number of rotatable bonds is 4. The third-order valence-corrected chi connectivity index (χ3v) is 3.61. The van der Waals surface area contributed by atoms with Gasteiger partial charge in [-0.1, -0.05) is 54.1 Å². The van der Waals surface area contributed by atoms with E-state index in [0.717, 1.165) is 0 Å². The SMILES string of the molecule is CC(NC(=O)/C=C(/c1ccccc1)C(F)(F)F)c1cccc(Cl)c1. The molecule has 0 bridgehead atoms. The normalized spacial score (nSPS) is 13.5. The van der Waals surface area contributed by atoms with Crippen LogP contribution >= 0.6 is 11.6 Å². The molecule has 1 unspecified atom stereocenters. The lowest BCUT2D eigenvalue weighted by molar-refractivity contribution is -0.117. The Morgan fingerprint density at radius 1 is 1.12 bits per heavy atom. The van der Waals surface area contributed by atoms with Crippen LogP contribution in [0.5, 0.6) is 0 Å². The lowest BCUT2D eigenvalue weighted by atomic mass is 10.0. The first-order valence-corrected chi connectivity index (χ1v) is 7.55. The fraction of sp³-hybridized carbons (Fsp3) is 0.167. The van der Waals surface area contributed by atoms with Crippen LogP contribution in [0, 0.1) is 0 Å². The molecule has 2 rings (SSSR count). The Morgan fingerprint density at radius 2 is 1.79 bits per heavy atom. The number of alkyl halides is 3. The van der Waals surface area contributed by atoms with Crippen molar-refractivity contribution in [2.45, 2.75) is 19.1 Å². The Bertz CT molecular complexity index is 741. The quantitative estimate of drug-likeness (QED) is 0.755. The van der Waals surface area contributed by atoms with E-state index in [1.807, 2.05) is 0 Å². The average Bonchev–Trinajstić information content (AvgIpc) is 2.52. The topological polar surface area (TPSA) is 29.1 Å². The van der Waals surface area contributed by atoms with Crippen molar-refractivity contribution in [3.63, 3.8) is 0 Å². The summed E-state index contributed by atoms with van der Waals surface area (Å²) in [4.78, 5) is 12.0. The van der Waals surface area contributed by atoms with Crippen molar-refractivity contribution in [3.8, 4) is 0 Å². The van der Waals surface area contributed by atoms with Gasteiger partial charge in [0, 0.05) is 11.1 Å². The molecule has 1 atom stereocenters. The van der Waals surface area contributed by atoms with Crippen molar-refractivity contribution in [1.29, 1.82) is 0 Å². The summed E-state index contributed by atoms with van der Waals surface area (Å²) in [5.74, 6) is -0.821. The average molecular weight is 354 g/mol. The molecular weight excluding hydrogens is 339 g/mol. The Labute approximate surface area is 142 Å². The largest absolute Gasteiger partial charge is 0.417 e. The van der Waals surface area contributed by atoms with Crippen LogP contribution in [0.3, 0.4) is 0 Å². The zero-order valence-corrected chi connectivity index (χ0v) is 13.5. The minimum Gasteiger partial charge on any atom is -0.346 e. The molecule has 6 heteroatoms. The third kappa shape index (κ3) is 4.86. The first kappa shape index (κ1) is 18.1. The van der Waals surface area contributed by atoms with Gasteiger partial charge in [-0.25, -0.2) is 0 Å². The number of hydrogen-bond acceptors (Lipinski definition) is 1. The lowest BCUT2D eigenvalue weighted by Crippen LogP contribution is -2.26. The number of nitrogens with one attached hydrogen (secondary N) is 1. The van der Waals surface area contributed by atoms with E-state index in [9.17, 15) is 18.0 Å². The van der Waals surface area contributed by atoms with Crippen LogP contribution in [0.1, 0.15) is 24.1 Å². The minimum atomic E-state index is -4.63. The molecule has 1 amide bonds. The number of amides is 1. The molecule has 0 heterocycles. The Balaban J connectivity index is 2.22. The van der Waals surface area contributed by atoms with Gasteiger partial charge in [0.1, 0.15) is 0 Å². The molecule has 0 saturated heterocycles. The number of carbonyl (C=O) groups excluding carboxylic acids is 1. The second-order valence-electron chi connectivity index (χ2n) is 5.21. The molecule has 0 aromatic heterocycles. The van der Waals surface area contributed by atoms with Crippen molar-refractivity contribution in [2.24, 2.45) is 0 Å². The van der Waals surface area contributed by atoms with Crippen LogP contribution in [-0.2, 0) is 4.79 Å². The first-order valence-electron chi connectivity index (χ1n) is 7.17. The second-order valence-corrected chi connectivity index (χ2v) is 5.64. The van der Waals surface area contributed by atoms with E-state index in [2.05, 4.69) is 5.32 Å². The summed E-state index contributed by atoms with van der Waals surface area (Å²) in [5, 5.41) is 3.01. The molecule has 24 heavy (non-hydrogen) atoms. The molecule has 0 aliphatic rings. The highest BCUT2D eigenvalue weighted by molar-refractivity contribution is 6.30. The van der Waals surface area contributed by atoms with Crippen LogP contribution in [0.2, 0.25) is 5.02 Å². The Hall–Kier alpha value is -2.27. The zero-order chi connectivity index (χ0) is 17.7. The van der Waals surface area contributed by atoms with Crippen molar-refractivity contribution >= 4 is 23.1 Å². The molecule has 0 saturated carbocycles. The number of benzene rings is 2. The van der Waals surface area contributed by atoms with Gasteiger partial charge in [0.15, 0.2) is 0 Å². The fourth-order valence-corrected chi connectivity index (χ4v) is 2.39. The highest BCUT2D eigenvalue weighted by Gasteiger charge is 2.35. The van der Waals surface area contributed by atoms with Crippen molar-refractivity contribution in [2.75, 3.05) is 0 Å². The number of carbonyl (C=O) groups is 1. The molecule has 126 valence electrons. The van der Waals surface area contributed by atoms with Crippen molar-refractivity contribution in [1.82, 2.24) is 5.32 Å². The van der Waals surface area contributed by atoms with Gasteiger partial charge in [-0.3, -0.25) is 4.79 Å². The minimum absolute atomic E-state index is 0.0597. The summed E-state index contributed by atoms with van der Waals surface area (Å²) in [5.41, 5.74) is -0.341. The van der Waals surface area contributed by atoms with Gasteiger partial charge in [-0.2, -0.15) is 13.2 Å². The van der Waals surface area contributed by atoms with E-state index < -0.39 is 23.7 Å². The van der Waals surface area contributed by atoms with Crippen molar-refractivity contribution < 1.29 is 18.0 Å². The van der Waals surface area contributed by atoms with E-state index in [0.29, 0.717) is 16.7 Å². The van der Waals surface area contributed by atoms with Gasteiger partial charge in [0.05, 0.1) is 11.6 Å². The molecule has 0 aliphatic carbocycles. The molecule has 2 nitrogen and oxygen atoms in total. The first-order chi connectivity index (χ1) is 11.3. The van der Waals surface area contributed by atoms with Crippen LogP contribution in [0.4, 0.5) is 13.2 Å². The summed E-state index contributed by atoms with van der Waals surface area (Å²) in [6.07, 6.45) is -4.05. The maximum atomic E-state index is 13.2. The molecule has 2 aromatic carbocycles. The Kier molecular flexibility index (Phi) is 5.67. The predicted molar refractivity (Wildman–Crippen MR) is 88.5 cm³/mol. The summed E-state index contributed by atoms with van der Waals surface area (Å²) in [7, 11) is 0. The maximum Gasteiger partial charge on any atom is 0.417 e. The summed E-state index contributed by atoms with van der Waals surface area (Å²) in [6, 6.07) is 13.5. The van der Waals surface area contributed by atoms with Gasteiger partial charge in [-0.05, 0) is 30.2 Å². The number of allylic oxidation sites excluding steroid dienone is 1. The highest BCUT2D eigenvalue weighted by Crippen LogP contribution is 2.33. The molecule has 0 spiro atoms. The Morgan fingerprint density at radius 3 is 2.38 bits per heavy atom. The summed E-state index contributed by atoms with van der Waals surface area (Å²) in [6.45, 7) is 1.67. The molecule has 1 N–H and O–H groups in total. The molecule has 2 aromatic rings. The van der Waals surface area contributed by atoms with Gasteiger partial charge < -0.3 is 5.32 Å². The summed E-state index contributed by atoms with van der Waals surface area (Å²) >= 11 is 5.88. The fourth-order valence-electron chi connectivity index (χ4n) is 2.19. The van der Waals surface area contributed by atoms with E-state index in [-0.39, 0.29) is 5.56 Å². The van der Waals surface area contributed by atoms with E-state index in [1.165, 1.54) is 24.3 Å². The molecule has 0 radical (unpaired) electrons. The van der Waals surface area contributed by atoms with Crippen LogP contribution in [-0.4, -0.2) is 12.1 Å². The van der Waals surface area contributed by atoms with Gasteiger partial charge in [0.2, 0.25) is 5.91 Å². The number of halogens is 4. The highest BCUT2D eigenvalue weighted by atomic mass is 35.5. The van der Waals surface area contributed by atoms with Gasteiger partial charge in [-0.15, -0.1) is 0 Å². The predicted octanol–water partition coefficient (Wildman–Crippen LogP) is 5.16. The number of hydrogen-bond donors (Lipinski definition) is 1. The zero-order valence-electron chi connectivity index (χ0n) is 12.8. The van der Waals surface area contributed by atoms with Crippen LogP contribution < -0.4 is 5.32 Å². The smallest absolute Gasteiger partial charge is 0.346 e. The summed E-state index contributed by atoms with van der Waals surface area (Å²) < 4.78 is 39.6. The standard InChI is InChI=1S/C18H15ClF3NO/c1-12(14-8-5-9-15(19)10-14)23-17(24)11-16(18(20,21)22)13-6-3-2-4-7-13/h2-12H,1H3,(H,23,24)/b16-11-. The molecule has 0 aliphatic heterocycles. The van der Waals surface area contributed by atoms with E-state index >= 15 is 0 Å². The molecule has 0 fully saturated rings. The van der Waals surface area contributed by atoms with Gasteiger partial charge in [0.25, 0.3) is 0 Å². The third-order valence-electron chi connectivity index (χ3n) is 3.37. The van der Waals surface area contributed by atoms with Crippen LogP contribution in [0.15, 0.2) is 60.7 Å².